The molecule has 0 bridgehead atoms. The fraction of sp³-hybridized carbons (Fsp3) is 0.381. The van der Waals surface area contributed by atoms with Crippen molar-refractivity contribution in [3.05, 3.63) is 46.4 Å². The van der Waals surface area contributed by atoms with E-state index in [4.69, 9.17) is 0 Å². The number of benzene rings is 2. The van der Waals surface area contributed by atoms with E-state index in [1.807, 2.05) is 0 Å². The fourth-order valence-electron chi connectivity index (χ4n) is 3.51. The lowest BCUT2D eigenvalue weighted by atomic mass is 10.1. The topological polar surface area (TPSA) is 122 Å². The Labute approximate surface area is 196 Å². The van der Waals surface area contributed by atoms with Gasteiger partial charge in [0, 0.05) is 32.7 Å². The van der Waals surface area contributed by atoms with Crippen molar-refractivity contribution in [2.24, 2.45) is 0 Å². The summed E-state index contributed by atoms with van der Waals surface area (Å²) in [5.74, 6) is -2.00. The first-order chi connectivity index (χ1) is 15.2. The normalized spacial score (nSPS) is 15.4. The van der Waals surface area contributed by atoms with Gasteiger partial charge in [0.2, 0.25) is 0 Å². The van der Waals surface area contributed by atoms with E-state index in [1.165, 1.54) is 18.2 Å². The zero-order valence-corrected chi connectivity index (χ0v) is 20.1. The minimum atomic E-state index is -4.11. The Morgan fingerprint density at radius 2 is 1.78 bits per heavy atom. The van der Waals surface area contributed by atoms with Gasteiger partial charge in [-0.15, -0.1) is 0 Å². The summed E-state index contributed by atoms with van der Waals surface area (Å²) in [6.45, 7) is 5.66. The van der Waals surface area contributed by atoms with Gasteiger partial charge in [0.25, 0.3) is 10.0 Å². The van der Waals surface area contributed by atoms with Gasteiger partial charge in [-0.3, -0.25) is 4.72 Å². The number of para-hydroxylation sites is 1. The molecule has 4 N–H and O–H groups in total. The third-order valence-corrected chi connectivity index (χ3v) is 7.39. The maximum atomic E-state index is 13.1. The maximum absolute atomic E-state index is 13.1. The number of likely N-dealkylation sites (N-methyl/N-ethyl adjacent to an activating group) is 1. The molecule has 0 atom stereocenters. The van der Waals surface area contributed by atoms with Crippen molar-refractivity contribution >= 4 is 43.3 Å². The summed E-state index contributed by atoms with van der Waals surface area (Å²) in [6.07, 6.45) is 0.856. The summed E-state index contributed by atoms with van der Waals surface area (Å²) in [5.41, 5.74) is -0.319. The van der Waals surface area contributed by atoms with Gasteiger partial charge in [0.15, 0.2) is 0 Å². The first kappa shape index (κ1) is 24.3. The van der Waals surface area contributed by atoms with Crippen molar-refractivity contribution < 1.29 is 23.4 Å². The van der Waals surface area contributed by atoms with Crippen molar-refractivity contribution in [2.75, 3.05) is 56.4 Å². The Bertz CT molecular complexity index is 1070. The molecule has 2 aromatic carbocycles. The number of sulfonamides is 1. The van der Waals surface area contributed by atoms with Gasteiger partial charge in [-0.05, 0) is 60.2 Å². The number of carboxylic acid groups (broad SMARTS) is 1. The molecule has 0 saturated carbocycles. The number of phenols is 1. The van der Waals surface area contributed by atoms with Gasteiger partial charge >= 0.3 is 5.97 Å². The predicted molar refractivity (Wildman–Crippen MR) is 127 cm³/mol. The molecule has 174 valence electrons. The maximum Gasteiger partial charge on any atom is 0.341 e. The molecule has 2 aromatic rings. The average molecular weight is 527 g/mol. The first-order valence-electron chi connectivity index (χ1n) is 10.2. The summed E-state index contributed by atoms with van der Waals surface area (Å²) < 4.78 is 28.6. The lowest BCUT2D eigenvalue weighted by molar-refractivity contribution is 0.0695. The summed E-state index contributed by atoms with van der Waals surface area (Å²) in [5, 5.41) is 22.7. The molecule has 1 heterocycles. The Hall–Kier alpha value is -2.34. The monoisotopic (exact) mass is 526 g/mol. The van der Waals surface area contributed by atoms with Crippen LogP contribution in [-0.2, 0) is 10.0 Å². The molecule has 0 aliphatic carbocycles. The number of hydrogen-bond donors (Lipinski definition) is 4. The van der Waals surface area contributed by atoms with Gasteiger partial charge in [0.1, 0.15) is 16.2 Å². The van der Waals surface area contributed by atoms with Crippen molar-refractivity contribution in [3.63, 3.8) is 0 Å². The molecule has 0 amide bonds. The van der Waals surface area contributed by atoms with E-state index in [1.54, 1.807) is 18.2 Å². The number of nitrogens with one attached hydrogen (secondary N) is 2. The average Bonchev–Trinajstić information content (AvgIpc) is 2.75. The molecule has 0 spiro atoms. The van der Waals surface area contributed by atoms with Crippen LogP contribution in [0.5, 0.6) is 5.75 Å². The number of anilines is 2. The van der Waals surface area contributed by atoms with E-state index in [-0.39, 0.29) is 15.1 Å². The first-order valence-corrected chi connectivity index (χ1v) is 12.5. The van der Waals surface area contributed by atoms with E-state index in [0.717, 1.165) is 39.1 Å². The highest BCUT2D eigenvalue weighted by atomic mass is 79.9. The number of hydrogen-bond acceptors (Lipinski definition) is 7. The van der Waals surface area contributed by atoms with E-state index >= 15 is 0 Å². The predicted octanol–water partition coefficient (Wildman–Crippen LogP) is 2.70. The van der Waals surface area contributed by atoms with Crippen LogP contribution in [0.25, 0.3) is 0 Å². The van der Waals surface area contributed by atoms with Crippen LogP contribution in [0.3, 0.4) is 0 Å². The van der Waals surface area contributed by atoms with Crippen molar-refractivity contribution in [3.8, 4) is 5.75 Å². The highest BCUT2D eigenvalue weighted by molar-refractivity contribution is 9.10. The number of halogens is 1. The smallest absolute Gasteiger partial charge is 0.341 e. The molecule has 0 aromatic heterocycles. The van der Waals surface area contributed by atoms with E-state index in [2.05, 4.69) is 42.8 Å². The largest absolute Gasteiger partial charge is 0.506 e. The van der Waals surface area contributed by atoms with Crippen LogP contribution in [-0.4, -0.2) is 80.7 Å². The zero-order valence-electron chi connectivity index (χ0n) is 17.7. The molecular formula is C21H27BrN4O5S. The molecule has 0 radical (unpaired) electrons. The molecule has 11 heteroatoms. The highest BCUT2D eigenvalue weighted by Crippen LogP contribution is 2.35. The second-order valence-electron chi connectivity index (χ2n) is 7.65. The minimum absolute atomic E-state index is 0.00153. The molecule has 32 heavy (non-hydrogen) atoms. The van der Waals surface area contributed by atoms with Gasteiger partial charge in [-0.1, -0.05) is 12.1 Å². The van der Waals surface area contributed by atoms with Crippen LogP contribution >= 0.6 is 15.9 Å². The Kier molecular flexibility index (Phi) is 7.99. The SMILES string of the molecule is CN1CCN(CCCNc2ccccc2S(=O)(=O)Nc2ccc(Br)c(O)c2C(=O)O)CC1. The molecule has 1 aliphatic heterocycles. The van der Waals surface area contributed by atoms with Crippen molar-refractivity contribution in [1.29, 1.82) is 0 Å². The van der Waals surface area contributed by atoms with Crippen LogP contribution in [0.1, 0.15) is 16.8 Å². The number of carbonyl (C=O) groups is 1. The number of nitrogens with zero attached hydrogens (tertiary/aromatic N) is 2. The molecule has 1 aliphatic rings. The summed E-state index contributed by atoms with van der Waals surface area (Å²) in [7, 11) is -2.00. The molecule has 1 saturated heterocycles. The second kappa shape index (κ2) is 10.5. The van der Waals surface area contributed by atoms with Crippen molar-refractivity contribution in [2.45, 2.75) is 11.3 Å². The minimum Gasteiger partial charge on any atom is -0.506 e. The zero-order chi connectivity index (χ0) is 23.3. The number of rotatable bonds is 9. The van der Waals surface area contributed by atoms with Crippen LogP contribution in [0, 0.1) is 0 Å². The summed E-state index contributed by atoms with van der Waals surface area (Å²) >= 11 is 3.05. The van der Waals surface area contributed by atoms with Crippen LogP contribution in [0.4, 0.5) is 11.4 Å². The van der Waals surface area contributed by atoms with E-state index < -0.39 is 27.3 Å². The summed E-state index contributed by atoms with van der Waals surface area (Å²) in [6, 6.07) is 9.11. The lowest BCUT2D eigenvalue weighted by Crippen LogP contribution is -2.44. The Morgan fingerprint density at radius 1 is 1.09 bits per heavy atom. The fourth-order valence-corrected chi connectivity index (χ4v) is 5.10. The van der Waals surface area contributed by atoms with Gasteiger partial charge in [0.05, 0.1) is 15.8 Å². The molecular weight excluding hydrogens is 500 g/mol. The number of carboxylic acids is 1. The molecule has 3 rings (SSSR count). The standard InChI is InChI=1S/C21H27BrN4O5S/c1-25-11-13-26(14-12-25)10-4-9-23-16-5-2-3-6-18(16)32(30,31)24-17-8-7-15(22)20(27)19(17)21(28)29/h2-3,5-8,23-24,27H,4,9-14H2,1H3,(H,28,29). The van der Waals surface area contributed by atoms with Gasteiger partial charge in [-0.25, -0.2) is 13.2 Å². The third-order valence-electron chi connectivity index (χ3n) is 5.33. The lowest BCUT2D eigenvalue weighted by Gasteiger charge is -2.32. The van der Waals surface area contributed by atoms with E-state index in [9.17, 15) is 23.4 Å². The number of aromatic carboxylic acids is 1. The molecule has 9 nitrogen and oxygen atoms in total. The van der Waals surface area contributed by atoms with Crippen LogP contribution in [0.2, 0.25) is 0 Å². The molecule has 1 fully saturated rings. The number of aromatic hydroxyl groups is 1. The highest BCUT2D eigenvalue weighted by Gasteiger charge is 2.24. The number of piperazine rings is 1. The third kappa shape index (κ3) is 5.91. The quantitative estimate of drug-likeness (QED) is 0.368. The second-order valence-corrected chi connectivity index (χ2v) is 10.2. The van der Waals surface area contributed by atoms with Crippen LogP contribution in [0.15, 0.2) is 45.8 Å². The Balaban J connectivity index is 1.70. The summed E-state index contributed by atoms with van der Waals surface area (Å²) in [4.78, 5) is 16.3. The van der Waals surface area contributed by atoms with Crippen molar-refractivity contribution in [1.82, 2.24) is 9.80 Å². The Morgan fingerprint density at radius 3 is 2.47 bits per heavy atom. The van der Waals surface area contributed by atoms with Gasteiger partial charge < -0.3 is 25.3 Å². The molecule has 0 unspecified atom stereocenters. The van der Waals surface area contributed by atoms with E-state index in [0.29, 0.717) is 12.2 Å². The van der Waals surface area contributed by atoms with Gasteiger partial charge in [-0.2, -0.15) is 0 Å². The van der Waals surface area contributed by atoms with Crippen LogP contribution < -0.4 is 10.0 Å².